The van der Waals surface area contributed by atoms with E-state index in [1.165, 1.54) is 16.6 Å². The van der Waals surface area contributed by atoms with E-state index >= 15 is 0 Å². The number of furan rings is 1. The van der Waals surface area contributed by atoms with Gasteiger partial charge < -0.3 is 14.3 Å². The summed E-state index contributed by atoms with van der Waals surface area (Å²) in [4.78, 5) is 13.5. The Hall–Kier alpha value is -2.06. The third-order valence-electron chi connectivity index (χ3n) is 3.65. The molecular weight excluding hydrogens is 356 g/mol. The van der Waals surface area contributed by atoms with Crippen LogP contribution in [0, 0.1) is 5.92 Å². The predicted molar refractivity (Wildman–Crippen MR) is 98.6 cm³/mol. The quantitative estimate of drug-likeness (QED) is 0.608. The number of carbonyl (C=O) groups excluding carboxylic acids is 1. The van der Waals surface area contributed by atoms with Gasteiger partial charge in [0.05, 0.1) is 24.6 Å². The summed E-state index contributed by atoms with van der Waals surface area (Å²) in [5.74, 6) is 1.44. The van der Waals surface area contributed by atoms with Crippen LogP contribution in [0.5, 0.6) is 0 Å². The first-order valence-corrected chi connectivity index (χ1v) is 9.85. The number of hydrogen-bond donors (Lipinski definition) is 1. The number of thiophene rings is 1. The topological polar surface area (TPSA) is 73.0 Å². The second-order valence-electron chi connectivity index (χ2n) is 5.91. The fraction of sp³-hybridized carbons (Fsp3) is 0.353. The van der Waals surface area contributed by atoms with Gasteiger partial charge in [-0.05, 0) is 29.5 Å². The van der Waals surface area contributed by atoms with Crippen LogP contribution in [0.25, 0.3) is 0 Å². The van der Waals surface area contributed by atoms with Gasteiger partial charge in [-0.3, -0.25) is 4.79 Å². The molecule has 0 spiro atoms. The standard InChI is InChI=1S/C17H20N4O2S2/c1-12(2)16(14-6-4-8-24-14)19-15(22)10-25-17-20-18-11-21(17)9-13-5-3-7-23-13/h3-8,11-12,16H,9-10H2,1-2H3,(H,19,22). The molecule has 1 unspecified atom stereocenters. The summed E-state index contributed by atoms with van der Waals surface area (Å²) in [5, 5.41) is 13.9. The van der Waals surface area contributed by atoms with Crippen molar-refractivity contribution < 1.29 is 9.21 Å². The summed E-state index contributed by atoms with van der Waals surface area (Å²) in [6, 6.07) is 7.84. The summed E-state index contributed by atoms with van der Waals surface area (Å²) < 4.78 is 7.21. The van der Waals surface area contributed by atoms with Crippen molar-refractivity contribution in [3.8, 4) is 0 Å². The molecular formula is C17H20N4O2S2. The number of nitrogens with zero attached hydrogens (tertiary/aromatic N) is 3. The van der Waals surface area contributed by atoms with Crippen LogP contribution in [-0.2, 0) is 11.3 Å². The summed E-state index contributed by atoms with van der Waals surface area (Å²) in [6.45, 7) is 4.77. The zero-order chi connectivity index (χ0) is 17.6. The number of nitrogens with one attached hydrogen (secondary N) is 1. The molecule has 0 saturated carbocycles. The zero-order valence-electron chi connectivity index (χ0n) is 14.1. The van der Waals surface area contributed by atoms with Gasteiger partial charge in [-0.15, -0.1) is 21.5 Å². The Morgan fingerprint density at radius 1 is 1.40 bits per heavy atom. The molecule has 0 aliphatic rings. The Kier molecular flexibility index (Phi) is 5.93. The summed E-state index contributed by atoms with van der Waals surface area (Å²) >= 11 is 3.04. The fourth-order valence-corrected chi connectivity index (χ4v) is 4.09. The van der Waals surface area contributed by atoms with Crippen LogP contribution in [0.2, 0.25) is 0 Å². The highest BCUT2D eigenvalue weighted by Gasteiger charge is 2.19. The number of rotatable bonds is 8. The van der Waals surface area contributed by atoms with Gasteiger partial charge in [0, 0.05) is 4.88 Å². The molecule has 3 aromatic rings. The average Bonchev–Trinajstić information content (AvgIpc) is 3.33. The molecule has 3 rings (SSSR count). The Balaban J connectivity index is 1.56. The SMILES string of the molecule is CC(C)C(NC(=O)CSc1nncn1Cc1ccco1)c1cccs1. The molecule has 25 heavy (non-hydrogen) atoms. The minimum atomic E-state index is -0.00958. The number of amides is 1. The smallest absolute Gasteiger partial charge is 0.230 e. The van der Waals surface area contributed by atoms with E-state index in [1.807, 2.05) is 28.1 Å². The van der Waals surface area contributed by atoms with Crippen molar-refractivity contribution in [3.63, 3.8) is 0 Å². The molecule has 0 aliphatic carbocycles. The normalized spacial score (nSPS) is 12.4. The predicted octanol–water partition coefficient (Wildman–Crippen LogP) is 3.59. The molecule has 3 aromatic heterocycles. The monoisotopic (exact) mass is 376 g/mol. The maximum absolute atomic E-state index is 12.4. The minimum Gasteiger partial charge on any atom is -0.467 e. The maximum Gasteiger partial charge on any atom is 0.230 e. The first kappa shape index (κ1) is 17.8. The number of aromatic nitrogens is 3. The van der Waals surface area contributed by atoms with Crippen LogP contribution in [0.4, 0.5) is 0 Å². The van der Waals surface area contributed by atoms with Gasteiger partial charge in [0.1, 0.15) is 12.1 Å². The zero-order valence-corrected chi connectivity index (χ0v) is 15.7. The maximum atomic E-state index is 12.4. The average molecular weight is 377 g/mol. The lowest BCUT2D eigenvalue weighted by Gasteiger charge is -2.21. The Morgan fingerprint density at radius 3 is 2.96 bits per heavy atom. The second-order valence-corrected chi connectivity index (χ2v) is 7.84. The highest BCUT2D eigenvalue weighted by Crippen LogP contribution is 2.26. The van der Waals surface area contributed by atoms with Crippen LogP contribution in [-0.4, -0.2) is 26.4 Å². The van der Waals surface area contributed by atoms with Gasteiger partial charge in [-0.2, -0.15) is 0 Å². The van der Waals surface area contributed by atoms with Crippen LogP contribution < -0.4 is 5.32 Å². The van der Waals surface area contributed by atoms with E-state index in [4.69, 9.17) is 4.42 Å². The molecule has 0 aliphatic heterocycles. The molecule has 1 amide bonds. The molecule has 3 heterocycles. The molecule has 0 saturated heterocycles. The van der Waals surface area contributed by atoms with Gasteiger partial charge in [-0.25, -0.2) is 0 Å². The number of carbonyl (C=O) groups is 1. The molecule has 132 valence electrons. The lowest BCUT2D eigenvalue weighted by Crippen LogP contribution is -2.32. The van der Waals surface area contributed by atoms with Crippen molar-refractivity contribution >= 4 is 29.0 Å². The van der Waals surface area contributed by atoms with E-state index in [1.54, 1.807) is 23.9 Å². The minimum absolute atomic E-state index is 0.00958. The van der Waals surface area contributed by atoms with E-state index in [0.717, 1.165) is 5.76 Å². The molecule has 0 radical (unpaired) electrons. The summed E-state index contributed by atoms with van der Waals surface area (Å²) in [7, 11) is 0. The van der Waals surface area contributed by atoms with Gasteiger partial charge in [0.15, 0.2) is 5.16 Å². The number of thioether (sulfide) groups is 1. The van der Waals surface area contributed by atoms with E-state index in [-0.39, 0.29) is 11.9 Å². The van der Waals surface area contributed by atoms with Crippen molar-refractivity contribution in [2.24, 2.45) is 5.92 Å². The Labute approximate surface area is 154 Å². The van der Waals surface area contributed by atoms with Gasteiger partial charge >= 0.3 is 0 Å². The fourth-order valence-electron chi connectivity index (χ4n) is 2.41. The van der Waals surface area contributed by atoms with E-state index in [2.05, 4.69) is 35.4 Å². The summed E-state index contributed by atoms with van der Waals surface area (Å²) in [6.07, 6.45) is 3.28. The van der Waals surface area contributed by atoms with Gasteiger partial charge in [0.25, 0.3) is 0 Å². The number of hydrogen-bond acceptors (Lipinski definition) is 6. The Morgan fingerprint density at radius 2 is 2.28 bits per heavy atom. The van der Waals surface area contributed by atoms with Crippen molar-refractivity contribution in [2.45, 2.75) is 31.6 Å². The third-order valence-corrected chi connectivity index (χ3v) is 5.59. The lowest BCUT2D eigenvalue weighted by atomic mass is 10.0. The van der Waals surface area contributed by atoms with Crippen LogP contribution in [0.3, 0.4) is 0 Å². The van der Waals surface area contributed by atoms with Crippen molar-refractivity contribution in [1.82, 2.24) is 20.1 Å². The molecule has 1 atom stereocenters. The van der Waals surface area contributed by atoms with Crippen molar-refractivity contribution in [2.75, 3.05) is 5.75 Å². The van der Waals surface area contributed by atoms with E-state index in [0.29, 0.717) is 23.4 Å². The molecule has 6 nitrogen and oxygen atoms in total. The van der Waals surface area contributed by atoms with Gasteiger partial charge in [-0.1, -0.05) is 31.7 Å². The first-order valence-electron chi connectivity index (χ1n) is 7.99. The second kappa shape index (κ2) is 8.35. The highest BCUT2D eigenvalue weighted by molar-refractivity contribution is 7.99. The van der Waals surface area contributed by atoms with Crippen LogP contribution >= 0.6 is 23.1 Å². The lowest BCUT2D eigenvalue weighted by molar-refractivity contribution is -0.119. The highest BCUT2D eigenvalue weighted by atomic mass is 32.2. The molecule has 1 N–H and O–H groups in total. The van der Waals surface area contributed by atoms with Crippen LogP contribution in [0.15, 0.2) is 51.8 Å². The van der Waals surface area contributed by atoms with Gasteiger partial charge in [0.2, 0.25) is 5.91 Å². The summed E-state index contributed by atoms with van der Waals surface area (Å²) in [5.41, 5.74) is 0. The molecule has 0 aromatic carbocycles. The van der Waals surface area contributed by atoms with Crippen molar-refractivity contribution in [3.05, 3.63) is 52.9 Å². The van der Waals surface area contributed by atoms with Crippen molar-refractivity contribution in [1.29, 1.82) is 0 Å². The molecule has 0 bridgehead atoms. The van der Waals surface area contributed by atoms with E-state index < -0.39 is 0 Å². The van der Waals surface area contributed by atoms with E-state index in [9.17, 15) is 4.79 Å². The van der Waals surface area contributed by atoms with Crippen LogP contribution in [0.1, 0.15) is 30.5 Å². The molecule has 0 fully saturated rings. The first-order chi connectivity index (χ1) is 12.1. The third kappa shape index (κ3) is 4.73. The Bertz CT molecular complexity index is 782. The molecule has 8 heteroatoms. The largest absolute Gasteiger partial charge is 0.467 e.